The Bertz CT molecular complexity index is 1160. The van der Waals surface area contributed by atoms with Crippen LogP contribution in [0.1, 0.15) is 54.6 Å². The van der Waals surface area contributed by atoms with Crippen molar-refractivity contribution in [3.05, 3.63) is 77.0 Å². The molecule has 3 unspecified atom stereocenters. The van der Waals surface area contributed by atoms with E-state index in [0.717, 1.165) is 48.0 Å². The minimum absolute atomic E-state index is 0.0279. The predicted molar refractivity (Wildman–Crippen MR) is 127 cm³/mol. The van der Waals surface area contributed by atoms with Gasteiger partial charge in [-0.1, -0.05) is 24.3 Å². The van der Waals surface area contributed by atoms with Crippen LogP contribution < -0.4 is 5.32 Å². The minimum atomic E-state index is -4.84. The van der Waals surface area contributed by atoms with Crippen LogP contribution in [-0.4, -0.2) is 29.5 Å². The number of alkyl halides is 6. The number of hydrogen-bond donors (Lipinski definition) is 1. The van der Waals surface area contributed by atoms with Crippen molar-refractivity contribution in [2.24, 2.45) is 5.92 Å². The van der Waals surface area contributed by atoms with E-state index >= 15 is 0 Å². The Hall–Kier alpha value is -2.65. The molecule has 1 fully saturated rings. The van der Waals surface area contributed by atoms with Gasteiger partial charge in [0.05, 0.1) is 22.3 Å². The summed E-state index contributed by atoms with van der Waals surface area (Å²) in [6.07, 6.45) is -6.86. The summed E-state index contributed by atoms with van der Waals surface area (Å²) in [7, 11) is 2.07. The number of para-hydroxylation sites is 1. The predicted octanol–water partition coefficient (Wildman–Crippen LogP) is 7.22. The van der Waals surface area contributed by atoms with Gasteiger partial charge in [-0.05, 0) is 81.6 Å². The van der Waals surface area contributed by atoms with E-state index in [9.17, 15) is 26.3 Å². The van der Waals surface area contributed by atoms with Crippen molar-refractivity contribution in [1.82, 2.24) is 15.2 Å². The van der Waals surface area contributed by atoms with Gasteiger partial charge in [-0.15, -0.1) is 0 Å². The first-order chi connectivity index (χ1) is 16.9. The van der Waals surface area contributed by atoms with E-state index in [0.29, 0.717) is 18.5 Å². The number of hydrogen-bond acceptors (Lipinski definition) is 3. The van der Waals surface area contributed by atoms with Crippen LogP contribution in [0.4, 0.5) is 26.3 Å². The lowest BCUT2D eigenvalue weighted by molar-refractivity contribution is -0.143. The summed E-state index contributed by atoms with van der Waals surface area (Å²) in [5.41, 5.74) is -0.657. The maximum Gasteiger partial charge on any atom is 0.416 e. The molecule has 4 rings (SSSR count). The van der Waals surface area contributed by atoms with Crippen LogP contribution in [0.2, 0.25) is 0 Å². The third kappa shape index (κ3) is 6.18. The first-order valence-electron chi connectivity index (χ1n) is 12.0. The highest BCUT2D eigenvalue weighted by molar-refractivity contribution is 5.78. The van der Waals surface area contributed by atoms with Crippen molar-refractivity contribution < 1.29 is 26.3 Å². The van der Waals surface area contributed by atoms with E-state index in [2.05, 4.69) is 30.3 Å². The Kier molecular flexibility index (Phi) is 7.61. The zero-order valence-corrected chi connectivity index (χ0v) is 20.1. The van der Waals surface area contributed by atoms with Gasteiger partial charge in [-0.25, -0.2) is 0 Å². The van der Waals surface area contributed by atoms with Crippen molar-refractivity contribution in [1.29, 1.82) is 0 Å². The van der Waals surface area contributed by atoms with E-state index in [1.165, 1.54) is 0 Å². The topological polar surface area (TPSA) is 28.2 Å². The third-order valence-corrected chi connectivity index (χ3v) is 7.16. The molecule has 0 saturated heterocycles. The number of halogens is 6. The maximum absolute atomic E-state index is 13.1. The van der Waals surface area contributed by atoms with E-state index in [4.69, 9.17) is 4.98 Å². The molecule has 1 N–H and O–H groups in total. The Morgan fingerprint density at radius 3 is 2.28 bits per heavy atom. The second-order valence-electron chi connectivity index (χ2n) is 9.65. The number of nitrogens with zero attached hydrogens (tertiary/aromatic N) is 2. The molecular weight excluding hydrogens is 480 g/mol. The molecule has 3 nitrogen and oxygen atoms in total. The smallest absolute Gasteiger partial charge is 0.312 e. The fraction of sp³-hybridized carbons (Fsp3) is 0.444. The average molecular weight is 510 g/mol. The van der Waals surface area contributed by atoms with Gasteiger partial charge in [0, 0.05) is 24.0 Å². The third-order valence-electron chi connectivity index (χ3n) is 7.16. The standard InChI is InChI=1S/C27H29F6N3/c1-17(24-10-8-20-5-3-4-6-25(20)35-24)36(2)23-9-7-18(13-23)15-34-16-19-11-21(26(28,29)30)14-22(12-19)27(31,32)33/h3-6,8,10-12,14,17-18,23,34H,7,9,13,15-16H2,1-2H3. The number of nitrogens with one attached hydrogen (secondary N) is 1. The van der Waals surface area contributed by atoms with Gasteiger partial charge in [0.25, 0.3) is 0 Å². The molecule has 1 aromatic heterocycles. The van der Waals surface area contributed by atoms with Gasteiger partial charge < -0.3 is 5.32 Å². The molecule has 36 heavy (non-hydrogen) atoms. The highest BCUT2D eigenvalue weighted by atomic mass is 19.4. The van der Waals surface area contributed by atoms with Crippen LogP contribution in [0.5, 0.6) is 0 Å². The number of rotatable bonds is 7. The molecule has 1 aliphatic carbocycles. The van der Waals surface area contributed by atoms with E-state index in [1.807, 2.05) is 30.3 Å². The number of aromatic nitrogens is 1. The zero-order valence-electron chi connectivity index (χ0n) is 20.1. The second-order valence-corrected chi connectivity index (χ2v) is 9.65. The van der Waals surface area contributed by atoms with Gasteiger partial charge in [0.2, 0.25) is 0 Å². The van der Waals surface area contributed by atoms with Gasteiger partial charge in [0.15, 0.2) is 0 Å². The SMILES string of the molecule is CC(c1ccc2ccccc2n1)N(C)C1CCC(CNCc2cc(C(F)(F)F)cc(C(F)(F)F)c2)C1. The molecule has 0 aliphatic heterocycles. The average Bonchev–Trinajstić information content (AvgIpc) is 3.30. The second kappa shape index (κ2) is 10.4. The van der Waals surface area contributed by atoms with Crippen LogP contribution in [-0.2, 0) is 18.9 Å². The summed E-state index contributed by atoms with van der Waals surface area (Å²) in [4.78, 5) is 7.11. The number of pyridine rings is 1. The summed E-state index contributed by atoms with van der Waals surface area (Å²) in [6, 6.07) is 14.2. The quantitative estimate of drug-likeness (QED) is 0.341. The minimum Gasteiger partial charge on any atom is -0.312 e. The summed E-state index contributed by atoms with van der Waals surface area (Å²) in [5, 5.41) is 4.17. The Balaban J connectivity index is 1.34. The molecule has 9 heteroatoms. The van der Waals surface area contributed by atoms with Gasteiger partial charge in [-0.2, -0.15) is 26.3 Å². The van der Waals surface area contributed by atoms with Crippen LogP contribution >= 0.6 is 0 Å². The normalized spacial score (nSPS) is 19.8. The number of fused-ring (bicyclic) bond motifs is 1. The van der Waals surface area contributed by atoms with Crippen molar-refractivity contribution in [2.45, 2.75) is 57.2 Å². The number of benzene rings is 2. The molecule has 2 aromatic carbocycles. The highest BCUT2D eigenvalue weighted by Gasteiger charge is 2.37. The molecule has 0 bridgehead atoms. The van der Waals surface area contributed by atoms with Crippen molar-refractivity contribution in [2.75, 3.05) is 13.6 Å². The van der Waals surface area contributed by atoms with E-state index in [-0.39, 0.29) is 24.2 Å². The van der Waals surface area contributed by atoms with Crippen LogP contribution in [0.3, 0.4) is 0 Å². The molecule has 0 spiro atoms. The molecule has 0 radical (unpaired) electrons. The van der Waals surface area contributed by atoms with Gasteiger partial charge in [0.1, 0.15) is 0 Å². The molecule has 3 aromatic rings. The molecule has 3 atom stereocenters. The fourth-order valence-electron chi connectivity index (χ4n) is 4.99. The molecular formula is C27H29F6N3. The highest BCUT2D eigenvalue weighted by Crippen LogP contribution is 2.37. The summed E-state index contributed by atoms with van der Waals surface area (Å²) < 4.78 is 78.5. The fourth-order valence-corrected chi connectivity index (χ4v) is 4.99. The Labute approximate surface area is 206 Å². The van der Waals surface area contributed by atoms with Crippen molar-refractivity contribution in [3.8, 4) is 0 Å². The Morgan fingerprint density at radius 2 is 1.61 bits per heavy atom. The summed E-state index contributed by atoms with van der Waals surface area (Å²) in [5.74, 6) is 0.294. The largest absolute Gasteiger partial charge is 0.416 e. The Morgan fingerprint density at radius 1 is 0.944 bits per heavy atom. The van der Waals surface area contributed by atoms with Crippen molar-refractivity contribution >= 4 is 10.9 Å². The van der Waals surface area contributed by atoms with E-state index in [1.54, 1.807) is 0 Å². The first kappa shape index (κ1) is 26.4. The van der Waals surface area contributed by atoms with E-state index < -0.39 is 23.5 Å². The molecule has 0 amide bonds. The van der Waals surface area contributed by atoms with Gasteiger partial charge in [-0.3, -0.25) is 9.88 Å². The molecule has 1 saturated carbocycles. The zero-order chi connectivity index (χ0) is 26.1. The first-order valence-corrected chi connectivity index (χ1v) is 12.0. The lowest BCUT2D eigenvalue weighted by atomic mass is 10.0. The summed E-state index contributed by atoms with van der Waals surface area (Å²) in [6.45, 7) is 2.60. The lowest BCUT2D eigenvalue weighted by Crippen LogP contribution is -2.33. The van der Waals surface area contributed by atoms with Crippen LogP contribution in [0.15, 0.2) is 54.6 Å². The van der Waals surface area contributed by atoms with Crippen LogP contribution in [0.25, 0.3) is 10.9 Å². The maximum atomic E-state index is 13.1. The molecule has 1 heterocycles. The van der Waals surface area contributed by atoms with Crippen molar-refractivity contribution in [3.63, 3.8) is 0 Å². The monoisotopic (exact) mass is 509 g/mol. The lowest BCUT2D eigenvalue weighted by Gasteiger charge is -2.30. The molecule has 1 aliphatic rings. The molecule has 194 valence electrons. The van der Waals surface area contributed by atoms with Crippen LogP contribution in [0, 0.1) is 5.92 Å². The summed E-state index contributed by atoms with van der Waals surface area (Å²) >= 11 is 0. The van der Waals surface area contributed by atoms with Gasteiger partial charge >= 0.3 is 12.4 Å².